The van der Waals surface area contributed by atoms with Crippen molar-refractivity contribution in [3.05, 3.63) is 24.3 Å². The average Bonchev–Trinajstić information content (AvgIpc) is 3.14. The Morgan fingerprint density at radius 2 is 0.904 bits per heavy atom. The molecule has 0 radical (unpaired) electrons. The second kappa shape index (κ2) is 42.1. The number of esters is 1. The van der Waals surface area contributed by atoms with Crippen LogP contribution in [-0.4, -0.2) is 47.4 Å². The number of amides is 1. The standard InChI is InChI=1S/C46H87NO5/c1-3-5-7-9-11-13-15-16-17-18-19-24-28-32-36-40-46(51)52-41-37-33-29-25-21-20-23-27-31-35-39-45(50)47-43(42-48)44(49)38-34-30-26-22-14-12-10-8-6-4-2/h16-17,21,25,43-44,48-49H,3-15,18-20,22-24,26-42H2,1-2H3,(H,47,50)/b17-16-,25-21-. The maximum absolute atomic E-state index is 12.4. The molecule has 0 fully saturated rings. The molecule has 0 saturated carbocycles. The van der Waals surface area contributed by atoms with Crippen LogP contribution < -0.4 is 5.32 Å². The summed E-state index contributed by atoms with van der Waals surface area (Å²) < 4.78 is 5.42. The molecule has 0 rings (SSSR count). The van der Waals surface area contributed by atoms with Crippen LogP contribution in [0.25, 0.3) is 0 Å². The molecule has 2 unspecified atom stereocenters. The molecular weight excluding hydrogens is 647 g/mol. The van der Waals surface area contributed by atoms with Gasteiger partial charge in [0.1, 0.15) is 0 Å². The number of carbonyl (C=O) groups is 2. The summed E-state index contributed by atoms with van der Waals surface area (Å²) in [6.45, 7) is 4.82. The number of aliphatic hydroxyl groups excluding tert-OH is 2. The van der Waals surface area contributed by atoms with E-state index in [1.165, 1.54) is 122 Å². The van der Waals surface area contributed by atoms with E-state index in [0.29, 0.717) is 25.9 Å². The van der Waals surface area contributed by atoms with E-state index in [1.807, 2.05) is 0 Å². The van der Waals surface area contributed by atoms with Gasteiger partial charge in [0.05, 0.1) is 25.4 Å². The molecule has 2 atom stereocenters. The van der Waals surface area contributed by atoms with Crippen molar-refractivity contribution < 1.29 is 24.5 Å². The molecule has 0 saturated heterocycles. The molecule has 0 heterocycles. The lowest BCUT2D eigenvalue weighted by molar-refractivity contribution is -0.143. The minimum absolute atomic E-state index is 0.0453. The van der Waals surface area contributed by atoms with Gasteiger partial charge in [0.25, 0.3) is 0 Å². The highest BCUT2D eigenvalue weighted by molar-refractivity contribution is 5.76. The van der Waals surface area contributed by atoms with Gasteiger partial charge in [0, 0.05) is 12.8 Å². The third-order valence-electron chi connectivity index (χ3n) is 10.2. The predicted molar refractivity (Wildman–Crippen MR) is 223 cm³/mol. The molecule has 0 aromatic heterocycles. The Morgan fingerprint density at radius 1 is 0.519 bits per heavy atom. The van der Waals surface area contributed by atoms with Crippen LogP contribution in [0.5, 0.6) is 0 Å². The van der Waals surface area contributed by atoms with Crippen LogP contribution in [0.15, 0.2) is 24.3 Å². The summed E-state index contributed by atoms with van der Waals surface area (Å²) in [5.41, 5.74) is 0. The zero-order valence-electron chi connectivity index (χ0n) is 34.5. The van der Waals surface area contributed by atoms with E-state index in [4.69, 9.17) is 4.74 Å². The molecule has 52 heavy (non-hydrogen) atoms. The summed E-state index contributed by atoms with van der Waals surface area (Å²) in [4.78, 5) is 24.3. The minimum Gasteiger partial charge on any atom is -0.466 e. The van der Waals surface area contributed by atoms with Crippen molar-refractivity contribution in [1.82, 2.24) is 5.32 Å². The molecule has 0 aliphatic carbocycles. The highest BCUT2D eigenvalue weighted by atomic mass is 16.5. The summed E-state index contributed by atoms with van der Waals surface area (Å²) in [5.74, 6) is -0.120. The maximum atomic E-state index is 12.4. The summed E-state index contributed by atoms with van der Waals surface area (Å²) in [6, 6.07) is -0.565. The first-order chi connectivity index (χ1) is 25.5. The van der Waals surface area contributed by atoms with Crippen molar-refractivity contribution in [2.75, 3.05) is 13.2 Å². The number of unbranched alkanes of at least 4 members (excludes halogenated alkanes) is 26. The highest BCUT2D eigenvalue weighted by Gasteiger charge is 2.20. The van der Waals surface area contributed by atoms with Gasteiger partial charge in [0.15, 0.2) is 0 Å². The van der Waals surface area contributed by atoms with Crippen LogP contribution >= 0.6 is 0 Å². The first kappa shape index (κ1) is 50.3. The van der Waals surface area contributed by atoms with E-state index < -0.39 is 12.1 Å². The van der Waals surface area contributed by atoms with Crippen LogP contribution in [-0.2, 0) is 14.3 Å². The lowest BCUT2D eigenvalue weighted by Gasteiger charge is -2.22. The Balaban J connectivity index is 3.53. The number of aliphatic hydroxyl groups is 2. The molecular formula is C46H87NO5. The fraction of sp³-hybridized carbons (Fsp3) is 0.870. The summed E-state index contributed by atoms with van der Waals surface area (Å²) in [7, 11) is 0. The van der Waals surface area contributed by atoms with Crippen molar-refractivity contribution in [2.45, 2.75) is 244 Å². The van der Waals surface area contributed by atoms with Crippen LogP contribution in [0.1, 0.15) is 232 Å². The van der Waals surface area contributed by atoms with E-state index in [9.17, 15) is 19.8 Å². The number of hydrogen-bond donors (Lipinski definition) is 3. The molecule has 1 amide bonds. The van der Waals surface area contributed by atoms with Crippen LogP contribution in [0.3, 0.4) is 0 Å². The van der Waals surface area contributed by atoms with Gasteiger partial charge in [0.2, 0.25) is 5.91 Å². The smallest absolute Gasteiger partial charge is 0.305 e. The predicted octanol–water partition coefficient (Wildman–Crippen LogP) is 12.8. The van der Waals surface area contributed by atoms with Gasteiger partial charge in [-0.1, -0.05) is 167 Å². The molecule has 0 spiro atoms. The molecule has 306 valence electrons. The van der Waals surface area contributed by atoms with E-state index in [1.54, 1.807) is 0 Å². The van der Waals surface area contributed by atoms with E-state index in [-0.39, 0.29) is 18.5 Å². The summed E-state index contributed by atoms with van der Waals surface area (Å²) in [5, 5.41) is 23.0. The topological polar surface area (TPSA) is 95.9 Å². The van der Waals surface area contributed by atoms with Gasteiger partial charge in [-0.15, -0.1) is 0 Å². The second-order valence-corrected chi connectivity index (χ2v) is 15.4. The van der Waals surface area contributed by atoms with Crippen LogP contribution in [0.2, 0.25) is 0 Å². The first-order valence-corrected chi connectivity index (χ1v) is 22.6. The van der Waals surface area contributed by atoms with E-state index in [0.717, 1.165) is 77.0 Å². The zero-order chi connectivity index (χ0) is 38.0. The second-order valence-electron chi connectivity index (χ2n) is 15.4. The molecule has 0 aliphatic rings. The highest BCUT2D eigenvalue weighted by Crippen LogP contribution is 2.14. The van der Waals surface area contributed by atoms with Gasteiger partial charge in [-0.25, -0.2) is 0 Å². The maximum Gasteiger partial charge on any atom is 0.305 e. The number of hydrogen-bond acceptors (Lipinski definition) is 5. The van der Waals surface area contributed by atoms with Gasteiger partial charge < -0.3 is 20.3 Å². The lowest BCUT2D eigenvalue weighted by atomic mass is 10.0. The van der Waals surface area contributed by atoms with E-state index in [2.05, 4.69) is 43.5 Å². The average molecular weight is 734 g/mol. The molecule has 3 N–H and O–H groups in total. The largest absolute Gasteiger partial charge is 0.466 e. The Bertz CT molecular complexity index is 813. The molecule has 0 bridgehead atoms. The normalized spacial score (nSPS) is 12.9. The molecule has 0 aliphatic heterocycles. The van der Waals surface area contributed by atoms with E-state index >= 15 is 0 Å². The molecule has 0 aromatic carbocycles. The van der Waals surface area contributed by atoms with Crippen LogP contribution in [0, 0.1) is 0 Å². The Kier molecular flexibility index (Phi) is 40.7. The number of ether oxygens (including phenoxy) is 1. The lowest BCUT2D eigenvalue weighted by Crippen LogP contribution is -2.45. The van der Waals surface area contributed by atoms with Crippen molar-refractivity contribution in [3.63, 3.8) is 0 Å². The van der Waals surface area contributed by atoms with Crippen molar-refractivity contribution in [1.29, 1.82) is 0 Å². The van der Waals surface area contributed by atoms with Gasteiger partial charge in [-0.05, 0) is 77.0 Å². The van der Waals surface area contributed by atoms with Crippen LogP contribution in [0.4, 0.5) is 0 Å². The molecule has 6 heteroatoms. The summed E-state index contributed by atoms with van der Waals surface area (Å²) >= 11 is 0. The SMILES string of the molecule is CCCCCCCC/C=C\CCCCCCCC(=O)OCCCC/C=C\CCCCCCC(=O)NC(CO)C(O)CCCCCCCCCCCC. The van der Waals surface area contributed by atoms with Gasteiger partial charge in [-0.2, -0.15) is 0 Å². The zero-order valence-corrected chi connectivity index (χ0v) is 34.5. The van der Waals surface area contributed by atoms with Crippen molar-refractivity contribution in [3.8, 4) is 0 Å². The summed E-state index contributed by atoms with van der Waals surface area (Å²) in [6.07, 6.45) is 47.1. The minimum atomic E-state index is -0.684. The number of nitrogens with one attached hydrogen (secondary N) is 1. The Morgan fingerprint density at radius 3 is 1.37 bits per heavy atom. The van der Waals surface area contributed by atoms with Crippen molar-refractivity contribution >= 4 is 11.9 Å². The third kappa shape index (κ3) is 38.1. The van der Waals surface area contributed by atoms with Gasteiger partial charge >= 0.3 is 5.97 Å². The number of carbonyl (C=O) groups excluding carboxylic acids is 2. The Hall–Kier alpha value is -1.66. The third-order valence-corrected chi connectivity index (χ3v) is 10.2. The van der Waals surface area contributed by atoms with Crippen molar-refractivity contribution in [2.24, 2.45) is 0 Å². The van der Waals surface area contributed by atoms with Gasteiger partial charge in [-0.3, -0.25) is 9.59 Å². The monoisotopic (exact) mass is 734 g/mol. The fourth-order valence-corrected chi connectivity index (χ4v) is 6.68. The molecule has 0 aromatic rings. The first-order valence-electron chi connectivity index (χ1n) is 22.6. The number of rotatable bonds is 41. The fourth-order valence-electron chi connectivity index (χ4n) is 6.68. The number of allylic oxidation sites excluding steroid dienone is 4. The quantitative estimate of drug-likeness (QED) is 0.0330. The Labute approximate surface area is 322 Å². The molecule has 6 nitrogen and oxygen atoms in total.